The zero-order chi connectivity index (χ0) is 21.1. The number of hydrogen-bond donors (Lipinski definition) is 2. The van der Waals surface area contributed by atoms with E-state index in [0.717, 1.165) is 42.7 Å². The number of amides is 2. The maximum Gasteiger partial charge on any atom is 0.267 e. The van der Waals surface area contributed by atoms with Crippen LogP contribution >= 0.6 is 11.6 Å². The number of hydrogen-bond acceptors (Lipinski definition) is 4. The predicted octanol–water partition coefficient (Wildman–Crippen LogP) is 3.24. The number of hydroxylamine groups is 1. The maximum atomic E-state index is 13.3. The second kappa shape index (κ2) is 8.50. The van der Waals surface area contributed by atoms with Crippen molar-refractivity contribution in [2.75, 3.05) is 31.1 Å². The van der Waals surface area contributed by atoms with Crippen LogP contribution < -0.4 is 10.4 Å². The van der Waals surface area contributed by atoms with E-state index >= 15 is 0 Å². The van der Waals surface area contributed by atoms with Crippen molar-refractivity contribution in [2.24, 2.45) is 0 Å². The van der Waals surface area contributed by atoms with E-state index in [0.29, 0.717) is 18.1 Å². The Hall–Kier alpha value is -2.83. The van der Waals surface area contributed by atoms with Crippen molar-refractivity contribution < 1.29 is 14.8 Å². The largest absolute Gasteiger partial charge is 0.367 e. The third-order valence-electron chi connectivity index (χ3n) is 5.92. The van der Waals surface area contributed by atoms with Crippen molar-refractivity contribution in [1.29, 1.82) is 0 Å². The third kappa shape index (κ3) is 4.06. The minimum absolute atomic E-state index is 0.206. The number of carbonyl (C=O) groups excluding carboxylic acids is 2. The van der Waals surface area contributed by atoms with Crippen LogP contribution in [-0.4, -0.2) is 48.1 Å². The Kier molecular flexibility index (Phi) is 5.79. The molecule has 0 radical (unpaired) electrons. The molecule has 0 bridgehead atoms. The van der Waals surface area contributed by atoms with Gasteiger partial charge in [-0.05, 0) is 48.2 Å². The molecule has 1 aliphatic carbocycles. The van der Waals surface area contributed by atoms with Gasteiger partial charge in [-0.25, -0.2) is 5.48 Å². The second-order valence-electron chi connectivity index (χ2n) is 7.74. The normalized spacial score (nSPS) is 17.8. The summed E-state index contributed by atoms with van der Waals surface area (Å²) in [6.45, 7) is 2.76. The van der Waals surface area contributed by atoms with Crippen LogP contribution in [0.15, 0.2) is 54.6 Å². The quantitative estimate of drug-likeness (QED) is 0.438. The Morgan fingerprint density at radius 3 is 2.30 bits per heavy atom. The summed E-state index contributed by atoms with van der Waals surface area (Å²) in [5, 5.41) is 9.35. The molecule has 7 heteroatoms. The average molecular weight is 426 g/mol. The Morgan fingerprint density at radius 2 is 1.67 bits per heavy atom. The van der Waals surface area contributed by atoms with Gasteiger partial charge in [-0.1, -0.05) is 41.9 Å². The van der Waals surface area contributed by atoms with Gasteiger partial charge in [0.1, 0.15) is 0 Å². The Balaban J connectivity index is 1.44. The standard InChI is InChI=1S/C23H24ClN3O3/c24-19-8-6-18(7-9-19)23(11-12-23)22(29)27-15-13-26(14-16-27)20-4-2-1-3-17(20)5-10-21(28)25-30/h1-10,30H,11-16H2,(H,25,28). The number of piperazine rings is 1. The van der Waals surface area contributed by atoms with Crippen LogP contribution in [0.3, 0.4) is 0 Å². The van der Waals surface area contributed by atoms with Crippen LogP contribution in [0.4, 0.5) is 5.69 Å². The number of nitrogens with zero attached hydrogens (tertiary/aromatic N) is 2. The summed E-state index contributed by atoms with van der Waals surface area (Å²) in [7, 11) is 0. The van der Waals surface area contributed by atoms with Gasteiger partial charge in [-0.2, -0.15) is 0 Å². The van der Waals surface area contributed by atoms with E-state index in [1.807, 2.05) is 53.4 Å². The minimum Gasteiger partial charge on any atom is -0.367 e. The molecular weight excluding hydrogens is 402 g/mol. The first kappa shape index (κ1) is 20.4. The molecule has 0 unspecified atom stereocenters. The fourth-order valence-electron chi connectivity index (χ4n) is 4.09. The highest BCUT2D eigenvalue weighted by Gasteiger charge is 2.53. The van der Waals surface area contributed by atoms with Gasteiger partial charge in [0, 0.05) is 43.0 Å². The molecule has 0 spiro atoms. The zero-order valence-corrected chi connectivity index (χ0v) is 17.3. The molecule has 2 aliphatic rings. The van der Waals surface area contributed by atoms with Crippen molar-refractivity contribution in [3.8, 4) is 0 Å². The minimum atomic E-state index is -0.572. The number of halogens is 1. The van der Waals surface area contributed by atoms with E-state index in [9.17, 15) is 9.59 Å². The monoisotopic (exact) mass is 425 g/mol. The van der Waals surface area contributed by atoms with E-state index in [-0.39, 0.29) is 11.3 Å². The molecule has 2 amide bonds. The van der Waals surface area contributed by atoms with Gasteiger partial charge in [0.05, 0.1) is 5.41 Å². The number of anilines is 1. The van der Waals surface area contributed by atoms with Crippen molar-refractivity contribution in [1.82, 2.24) is 10.4 Å². The maximum absolute atomic E-state index is 13.3. The molecular formula is C23H24ClN3O3. The zero-order valence-electron chi connectivity index (χ0n) is 16.6. The first-order chi connectivity index (χ1) is 14.5. The summed E-state index contributed by atoms with van der Waals surface area (Å²) >= 11 is 6.01. The van der Waals surface area contributed by atoms with Crippen LogP contribution in [0.25, 0.3) is 6.08 Å². The lowest BCUT2D eigenvalue weighted by Crippen LogP contribution is -2.51. The lowest BCUT2D eigenvalue weighted by Gasteiger charge is -2.38. The SMILES string of the molecule is O=C(C=Cc1ccccc1N1CCN(C(=O)C2(c3ccc(Cl)cc3)CC2)CC1)NO. The predicted molar refractivity (Wildman–Crippen MR) is 117 cm³/mol. The van der Waals surface area contributed by atoms with E-state index in [4.69, 9.17) is 16.8 Å². The molecule has 2 fully saturated rings. The van der Waals surface area contributed by atoms with Gasteiger partial charge >= 0.3 is 0 Å². The van der Waals surface area contributed by atoms with Gasteiger partial charge < -0.3 is 9.80 Å². The molecule has 156 valence electrons. The van der Waals surface area contributed by atoms with Crippen LogP contribution in [0.5, 0.6) is 0 Å². The Labute approximate surface area is 180 Å². The topological polar surface area (TPSA) is 72.9 Å². The van der Waals surface area contributed by atoms with Crippen LogP contribution in [0.2, 0.25) is 5.02 Å². The summed E-state index contributed by atoms with van der Waals surface area (Å²) in [5.41, 5.74) is 4.16. The lowest BCUT2D eigenvalue weighted by molar-refractivity contribution is -0.134. The highest BCUT2D eigenvalue weighted by atomic mass is 35.5. The van der Waals surface area contributed by atoms with Crippen molar-refractivity contribution in [2.45, 2.75) is 18.3 Å². The molecule has 2 aromatic rings. The van der Waals surface area contributed by atoms with Crippen LogP contribution in [0.1, 0.15) is 24.0 Å². The molecule has 6 nitrogen and oxygen atoms in total. The number of rotatable bonds is 5. The molecule has 1 saturated heterocycles. The molecule has 0 aromatic heterocycles. The summed E-state index contributed by atoms with van der Waals surface area (Å²) in [6.07, 6.45) is 4.74. The van der Waals surface area contributed by atoms with Gasteiger partial charge in [-0.15, -0.1) is 0 Å². The van der Waals surface area contributed by atoms with E-state index in [1.165, 1.54) is 6.08 Å². The molecule has 1 heterocycles. The Morgan fingerprint density at radius 1 is 1.00 bits per heavy atom. The lowest BCUT2D eigenvalue weighted by atomic mass is 9.94. The van der Waals surface area contributed by atoms with Gasteiger partial charge in [0.25, 0.3) is 5.91 Å². The van der Waals surface area contributed by atoms with Crippen molar-refractivity contribution in [3.05, 3.63) is 70.8 Å². The van der Waals surface area contributed by atoms with Gasteiger partial charge in [-0.3, -0.25) is 14.8 Å². The number of para-hydroxylation sites is 1. The summed E-state index contributed by atoms with van der Waals surface area (Å²) in [4.78, 5) is 28.8. The highest BCUT2D eigenvalue weighted by Crippen LogP contribution is 2.50. The second-order valence-corrected chi connectivity index (χ2v) is 8.17. The molecule has 30 heavy (non-hydrogen) atoms. The summed E-state index contributed by atoms with van der Waals surface area (Å²) < 4.78 is 0. The van der Waals surface area contributed by atoms with E-state index in [2.05, 4.69) is 4.90 Å². The highest BCUT2D eigenvalue weighted by molar-refractivity contribution is 6.30. The molecule has 4 rings (SSSR count). The molecule has 0 atom stereocenters. The number of carbonyl (C=O) groups is 2. The average Bonchev–Trinajstić information content (AvgIpc) is 3.60. The van der Waals surface area contributed by atoms with E-state index in [1.54, 1.807) is 11.6 Å². The molecule has 1 aliphatic heterocycles. The van der Waals surface area contributed by atoms with Crippen LogP contribution in [-0.2, 0) is 15.0 Å². The van der Waals surface area contributed by atoms with Crippen molar-refractivity contribution >= 4 is 35.2 Å². The smallest absolute Gasteiger partial charge is 0.267 e. The molecule has 2 N–H and O–H groups in total. The first-order valence-electron chi connectivity index (χ1n) is 10.0. The Bertz CT molecular complexity index is 962. The fraction of sp³-hybridized carbons (Fsp3) is 0.304. The number of nitrogens with one attached hydrogen (secondary N) is 1. The van der Waals surface area contributed by atoms with Crippen molar-refractivity contribution in [3.63, 3.8) is 0 Å². The summed E-state index contributed by atoms with van der Waals surface area (Å²) in [5.74, 6) is -0.366. The fourth-order valence-corrected chi connectivity index (χ4v) is 4.22. The summed E-state index contributed by atoms with van der Waals surface area (Å²) in [6, 6.07) is 15.4. The third-order valence-corrected chi connectivity index (χ3v) is 6.18. The molecule has 2 aromatic carbocycles. The number of benzene rings is 2. The molecule has 1 saturated carbocycles. The van der Waals surface area contributed by atoms with Gasteiger partial charge in [0.15, 0.2) is 0 Å². The van der Waals surface area contributed by atoms with Crippen LogP contribution in [0, 0.1) is 0 Å². The first-order valence-corrected chi connectivity index (χ1v) is 10.4. The van der Waals surface area contributed by atoms with E-state index < -0.39 is 5.91 Å². The van der Waals surface area contributed by atoms with Gasteiger partial charge in [0.2, 0.25) is 5.91 Å².